The van der Waals surface area contributed by atoms with Crippen molar-refractivity contribution >= 4 is 43.1 Å². The van der Waals surface area contributed by atoms with E-state index in [1.54, 1.807) is 6.20 Å². The molecule has 0 aliphatic carbocycles. The standard InChI is InChI=1S/C14H23N5O.3ClH/c1-17-4-6-18(7-5-17)14(20)12-10-16-19-3-2-11(9-15)8-13(12)19;;;/h10-11H,2-9,15H2,1H3;3*1H. The fourth-order valence-corrected chi connectivity index (χ4v) is 3.06. The van der Waals surface area contributed by atoms with Crippen LogP contribution in [0.2, 0.25) is 0 Å². The maximum Gasteiger partial charge on any atom is 0.257 e. The molecule has 3 rings (SSSR count). The molecule has 2 N–H and O–H groups in total. The van der Waals surface area contributed by atoms with Gasteiger partial charge in [0.15, 0.2) is 0 Å². The van der Waals surface area contributed by atoms with E-state index in [1.807, 2.05) is 9.58 Å². The van der Waals surface area contributed by atoms with E-state index in [0.717, 1.165) is 56.8 Å². The molecule has 2 aliphatic heterocycles. The molecule has 1 unspecified atom stereocenters. The Balaban J connectivity index is 0.00000161. The third kappa shape index (κ3) is 4.73. The number of likely N-dealkylation sites (N-methyl/N-ethyl adjacent to an activating group) is 1. The van der Waals surface area contributed by atoms with Gasteiger partial charge in [-0.05, 0) is 32.4 Å². The van der Waals surface area contributed by atoms with Gasteiger partial charge in [-0.15, -0.1) is 37.2 Å². The van der Waals surface area contributed by atoms with Gasteiger partial charge in [-0.25, -0.2) is 0 Å². The summed E-state index contributed by atoms with van der Waals surface area (Å²) in [5.41, 5.74) is 7.65. The van der Waals surface area contributed by atoms with Gasteiger partial charge in [-0.2, -0.15) is 5.10 Å². The van der Waals surface area contributed by atoms with Gasteiger partial charge in [-0.1, -0.05) is 0 Å². The van der Waals surface area contributed by atoms with Crippen molar-refractivity contribution in [2.45, 2.75) is 19.4 Å². The van der Waals surface area contributed by atoms with Gasteiger partial charge in [0.25, 0.3) is 5.91 Å². The zero-order chi connectivity index (χ0) is 14.1. The minimum Gasteiger partial charge on any atom is -0.336 e. The fourth-order valence-electron chi connectivity index (χ4n) is 3.06. The lowest BCUT2D eigenvalue weighted by molar-refractivity contribution is 0.0662. The highest BCUT2D eigenvalue weighted by atomic mass is 35.5. The number of piperazine rings is 1. The summed E-state index contributed by atoms with van der Waals surface area (Å²) in [5, 5.41) is 4.37. The van der Waals surface area contributed by atoms with E-state index < -0.39 is 0 Å². The molecule has 6 nitrogen and oxygen atoms in total. The van der Waals surface area contributed by atoms with Crippen molar-refractivity contribution in [2.24, 2.45) is 11.7 Å². The summed E-state index contributed by atoms with van der Waals surface area (Å²) in [5.74, 6) is 0.621. The number of nitrogens with two attached hydrogens (primary N) is 1. The van der Waals surface area contributed by atoms with E-state index in [9.17, 15) is 4.79 Å². The van der Waals surface area contributed by atoms with E-state index in [1.165, 1.54) is 0 Å². The average molecular weight is 387 g/mol. The van der Waals surface area contributed by atoms with Crippen molar-refractivity contribution in [3.8, 4) is 0 Å². The maximum atomic E-state index is 12.7. The van der Waals surface area contributed by atoms with Crippen molar-refractivity contribution in [1.82, 2.24) is 19.6 Å². The summed E-state index contributed by atoms with van der Waals surface area (Å²) in [4.78, 5) is 16.9. The smallest absolute Gasteiger partial charge is 0.257 e. The summed E-state index contributed by atoms with van der Waals surface area (Å²) in [7, 11) is 2.09. The molecule has 0 radical (unpaired) electrons. The molecule has 1 atom stereocenters. The fraction of sp³-hybridized carbons (Fsp3) is 0.714. The van der Waals surface area contributed by atoms with Crippen LogP contribution in [-0.2, 0) is 13.0 Å². The molecular weight excluding hydrogens is 361 g/mol. The first kappa shape index (κ1) is 22.5. The molecule has 2 aliphatic rings. The van der Waals surface area contributed by atoms with E-state index in [-0.39, 0.29) is 43.1 Å². The number of carbonyl (C=O) groups excluding carboxylic acids is 1. The molecule has 1 aromatic heterocycles. The van der Waals surface area contributed by atoms with Crippen molar-refractivity contribution in [3.05, 3.63) is 17.5 Å². The normalized spacial score (nSPS) is 20.6. The highest BCUT2D eigenvalue weighted by Crippen LogP contribution is 2.23. The molecule has 1 amide bonds. The Hall–Kier alpha value is -0.530. The van der Waals surface area contributed by atoms with E-state index in [0.29, 0.717) is 12.5 Å². The molecule has 1 fully saturated rings. The minimum absolute atomic E-state index is 0. The minimum atomic E-state index is 0. The van der Waals surface area contributed by atoms with Gasteiger partial charge in [0.05, 0.1) is 17.5 Å². The Morgan fingerprint density at radius 3 is 2.48 bits per heavy atom. The van der Waals surface area contributed by atoms with Crippen molar-refractivity contribution in [2.75, 3.05) is 39.8 Å². The molecule has 3 heterocycles. The topological polar surface area (TPSA) is 67.4 Å². The van der Waals surface area contributed by atoms with Gasteiger partial charge >= 0.3 is 0 Å². The largest absolute Gasteiger partial charge is 0.336 e. The van der Waals surface area contributed by atoms with Crippen LogP contribution in [-0.4, -0.2) is 65.3 Å². The molecule has 0 bridgehead atoms. The first-order valence-electron chi connectivity index (χ1n) is 7.41. The molecule has 23 heavy (non-hydrogen) atoms. The predicted molar refractivity (Wildman–Crippen MR) is 98.2 cm³/mol. The number of amides is 1. The van der Waals surface area contributed by atoms with Gasteiger partial charge in [0, 0.05) is 32.7 Å². The predicted octanol–water partition coefficient (Wildman–Crippen LogP) is 1.06. The summed E-state index contributed by atoms with van der Waals surface area (Å²) < 4.78 is 1.98. The quantitative estimate of drug-likeness (QED) is 0.825. The molecular formula is C14H26Cl3N5O. The molecule has 134 valence electrons. The van der Waals surface area contributed by atoms with E-state index >= 15 is 0 Å². The lowest BCUT2D eigenvalue weighted by Gasteiger charge is -2.32. The second-order valence-electron chi connectivity index (χ2n) is 5.92. The number of carbonyl (C=O) groups is 1. The molecule has 0 spiro atoms. The molecule has 0 saturated carbocycles. The molecule has 0 aromatic carbocycles. The number of hydrogen-bond acceptors (Lipinski definition) is 4. The van der Waals surface area contributed by atoms with Crippen LogP contribution in [0.3, 0.4) is 0 Å². The van der Waals surface area contributed by atoms with Crippen LogP contribution in [0.4, 0.5) is 0 Å². The van der Waals surface area contributed by atoms with Crippen molar-refractivity contribution < 1.29 is 4.79 Å². The highest BCUT2D eigenvalue weighted by molar-refractivity contribution is 5.95. The van der Waals surface area contributed by atoms with Crippen LogP contribution >= 0.6 is 37.2 Å². The van der Waals surface area contributed by atoms with Gasteiger partial charge in [-0.3, -0.25) is 9.48 Å². The highest BCUT2D eigenvalue weighted by Gasteiger charge is 2.28. The van der Waals surface area contributed by atoms with Crippen LogP contribution in [0.5, 0.6) is 0 Å². The number of rotatable bonds is 2. The van der Waals surface area contributed by atoms with Crippen LogP contribution in [0, 0.1) is 5.92 Å². The third-order valence-electron chi connectivity index (χ3n) is 4.53. The van der Waals surface area contributed by atoms with Crippen LogP contribution in [0.1, 0.15) is 22.5 Å². The van der Waals surface area contributed by atoms with E-state index in [2.05, 4.69) is 17.0 Å². The van der Waals surface area contributed by atoms with E-state index in [4.69, 9.17) is 5.73 Å². The maximum absolute atomic E-state index is 12.7. The number of aryl methyl sites for hydroxylation is 1. The SMILES string of the molecule is CN1CCN(C(=O)c2cnn3c2CC(CN)CC3)CC1.Cl.Cl.Cl. The monoisotopic (exact) mass is 385 g/mol. The number of halogens is 3. The van der Waals surface area contributed by atoms with Gasteiger partial charge in [0.1, 0.15) is 0 Å². The molecule has 9 heteroatoms. The van der Waals surface area contributed by atoms with Crippen molar-refractivity contribution in [3.63, 3.8) is 0 Å². The Labute approximate surface area is 156 Å². The third-order valence-corrected chi connectivity index (χ3v) is 4.53. The number of aromatic nitrogens is 2. The Morgan fingerprint density at radius 2 is 1.87 bits per heavy atom. The summed E-state index contributed by atoms with van der Waals surface area (Å²) in [6.07, 6.45) is 3.69. The second kappa shape index (κ2) is 9.69. The molecule has 1 saturated heterocycles. The Bertz CT molecular complexity index is 503. The summed E-state index contributed by atoms with van der Waals surface area (Å²) in [6.45, 7) is 5.07. The number of nitrogens with zero attached hydrogens (tertiary/aromatic N) is 4. The Kier molecular flexibility index (Phi) is 9.47. The first-order valence-corrected chi connectivity index (χ1v) is 7.41. The Morgan fingerprint density at radius 1 is 1.22 bits per heavy atom. The van der Waals surface area contributed by atoms with Crippen LogP contribution in [0.25, 0.3) is 0 Å². The lowest BCUT2D eigenvalue weighted by Crippen LogP contribution is -2.47. The molecule has 1 aromatic rings. The van der Waals surface area contributed by atoms with Gasteiger partial charge in [0.2, 0.25) is 0 Å². The first-order chi connectivity index (χ1) is 9.69. The summed E-state index contributed by atoms with van der Waals surface area (Å²) in [6, 6.07) is 0. The second-order valence-corrected chi connectivity index (χ2v) is 5.92. The van der Waals surface area contributed by atoms with Crippen molar-refractivity contribution in [1.29, 1.82) is 0 Å². The average Bonchev–Trinajstić information content (AvgIpc) is 2.90. The zero-order valence-electron chi connectivity index (χ0n) is 13.3. The number of hydrogen-bond donors (Lipinski definition) is 1. The lowest BCUT2D eigenvalue weighted by atomic mass is 9.94. The summed E-state index contributed by atoms with van der Waals surface area (Å²) >= 11 is 0. The van der Waals surface area contributed by atoms with Gasteiger partial charge < -0.3 is 15.5 Å². The zero-order valence-corrected chi connectivity index (χ0v) is 15.8. The van der Waals surface area contributed by atoms with Crippen LogP contribution < -0.4 is 5.73 Å². The van der Waals surface area contributed by atoms with Crippen LogP contribution in [0.15, 0.2) is 6.20 Å². The number of fused-ring (bicyclic) bond motifs is 1.